The average Bonchev–Trinajstić information content (AvgIpc) is 3.42. The molecule has 29 heavy (non-hydrogen) atoms. The summed E-state index contributed by atoms with van der Waals surface area (Å²) in [5.74, 6) is 0.890. The van der Waals surface area contributed by atoms with Crippen molar-refractivity contribution < 1.29 is 27.9 Å². The van der Waals surface area contributed by atoms with E-state index in [-0.39, 0.29) is 17.4 Å². The van der Waals surface area contributed by atoms with Gasteiger partial charge in [0.2, 0.25) is 0 Å². The van der Waals surface area contributed by atoms with Crippen molar-refractivity contribution in [1.82, 2.24) is 5.32 Å². The van der Waals surface area contributed by atoms with Crippen molar-refractivity contribution in [2.45, 2.75) is 38.5 Å². The maximum Gasteiger partial charge on any atom is 0.387 e. The number of hydrogen-bond donors (Lipinski definition) is 2. The molecule has 1 aromatic heterocycles. The van der Waals surface area contributed by atoms with Gasteiger partial charge in [0.05, 0.1) is 13.7 Å². The predicted octanol–water partition coefficient (Wildman–Crippen LogP) is 2.57. The van der Waals surface area contributed by atoms with Gasteiger partial charge in [-0.3, -0.25) is 4.79 Å². The molecular formula is C21H25F2N2O3S+. The zero-order valence-corrected chi connectivity index (χ0v) is 17.1. The monoisotopic (exact) mass is 423 g/mol. The van der Waals surface area contributed by atoms with Gasteiger partial charge in [-0.25, -0.2) is 0 Å². The Morgan fingerprint density at radius 2 is 2.14 bits per heavy atom. The number of nitrogens with one attached hydrogen (secondary N) is 2. The summed E-state index contributed by atoms with van der Waals surface area (Å²) >= 11 is 1.83. The Balaban J connectivity index is 1.35. The van der Waals surface area contributed by atoms with Crippen LogP contribution in [0.4, 0.5) is 8.78 Å². The molecule has 0 saturated heterocycles. The molecule has 1 aliphatic heterocycles. The summed E-state index contributed by atoms with van der Waals surface area (Å²) in [5.41, 5.74) is 2.20. The summed E-state index contributed by atoms with van der Waals surface area (Å²) in [5, 5.41) is 5.12. The molecule has 0 bridgehead atoms. The number of fused-ring (bicyclic) bond motifs is 1. The fourth-order valence-electron chi connectivity index (χ4n) is 4.18. The molecule has 2 heterocycles. The predicted molar refractivity (Wildman–Crippen MR) is 106 cm³/mol. The van der Waals surface area contributed by atoms with Crippen molar-refractivity contribution in [2.24, 2.45) is 5.92 Å². The quantitative estimate of drug-likeness (QED) is 0.686. The Morgan fingerprint density at radius 1 is 1.31 bits per heavy atom. The molecule has 1 aromatic carbocycles. The zero-order chi connectivity index (χ0) is 20.4. The van der Waals surface area contributed by atoms with Crippen LogP contribution >= 0.6 is 11.3 Å². The van der Waals surface area contributed by atoms with Gasteiger partial charge in [-0.15, -0.1) is 11.3 Å². The lowest BCUT2D eigenvalue weighted by molar-refractivity contribution is -0.928. The highest BCUT2D eigenvalue weighted by atomic mass is 32.1. The van der Waals surface area contributed by atoms with E-state index in [0.717, 1.165) is 18.5 Å². The average molecular weight is 424 g/mol. The van der Waals surface area contributed by atoms with Gasteiger partial charge in [0.25, 0.3) is 5.91 Å². The van der Waals surface area contributed by atoms with Crippen LogP contribution in [0.5, 0.6) is 11.5 Å². The fourth-order valence-corrected chi connectivity index (χ4v) is 5.11. The maximum absolute atomic E-state index is 12.6. The molecule has 1 fully saturated rings. The molecule has 1 unspecified atom stereocenters. The minimum atomic E-state index is -2.91. The van der Waals surface area contributed by atoms with Gasteiger partial charge in [-0.05, 0) is 42.0 Å². The topological polar surface area (TPSA) is 52.0 Å². The Kier molecular flexibility index (Phi) is 6.01. The third-order valence-corrected chi connectivity index (χ3v) is 6.64. The molecule has 2 aromatic rings. The second-order valence-corrected chi connectivity index (χ2v) is 8.59. The van der Waals surface area contributed by atoms with Gasteiger partial charge in [-0.2, -0.15) is 8.78 Å². The summed E-state index contributed by atoms with van der Waals surface area (Å²) in [6.07, 6.45) is 3.53. The number of thiophene rings is 1. The molecule has 1 amide bonds. The minimum absolute atomic E-state index is 0.00352. The van der Waals surface area contributed by atoms with Crippen molar-refractivity contribution in [3.63, 3.8) is 0 Å². The number of carbonyl (C=O) groups is 1. The van der Waals surface area contributed by atoms with Gasteiger partial charge in [0.1, 0.15) is 6.04 Å². The Bertz CT molecular complexity index is 869. The molecule has 4 rings (SSSR count). The largest absolute Gasteiger partial charge is 0.493 e. The summed E-state index contributed by atoms with van der Waals surface area (Å²) < 4.78 is 34.4. The van der Waals surface area contributed by atoms with Crippen LogP contribution in [-0.4, -0.2) is 32.7 Å². The first-order valence-corrected chi connectivity index (χ1v) is 10.7. The van der Waals surface area contributed by atoms with Crippen LogP contribution in [0.2, 0.25) is 0 Å². The number of carbonyl (C=O) groups excluding carboxylic acids is 1. The molecular weight excluding hydrogens is 398 g/mol. The van der Waals surface area contributed by atoms with Crippen molar-refractivity contribution in [2.75, 3.05) is 20.2 Å². The first-order chi connectivity index (χ1) is 14.0. The van der Waals surface area contributed by atoms with Gasteiger partial charge >= 0.3 is 6.61 Å². The number of alkyl halides is 2. The van der Waals surface area contributed by atoms with Crippen LogP contribution in [0.1, 0.15) is 34.9 Å². The van der Waals surface area contributed by atoms with Crippen LogP contribution in [-0.2, 0) is 17.8 Å². The van der Waals surface area contributed by atoms with Crippen molar-refractivity contribution in [3.05, 3.63) is 45.6 Å². The first-order valence-electron chi connectivity index (χ1n) is 9.84. The van der Waals surface area contributed by atoms with Crippen LogP contribution in [0.25, 0.3) is 0 Å². The molecule has 0 spiro atoms. The number of benzene rings is 1. The van der Waals surface area contributed by atoms with Crippen LogP contribution in [0.15, 0.2) is 29.6 Å². The van der Waals surface area contributed by atoms with Crippen LogP contribution in [0.3, 0.4) is 0 Å². The second-order valence-electron chi connectivity index (χ2n) is 7.59. The lowest BCUT2D eigenvalue weighted by Crippen LogP contribution is -3.14. The molecule has 8 heteroatoms. The van der Waals surface area contributed by atoms with Gasteiger partial charge in [-0.1, -0.05) is 6.07 Å². The van der Waals surface area contributed by atoms with Crippen molar-refractivity contribution >= 4 is 17.2 Å². The number of hydrogen-bond acceptors (Lipinski definition) is 4. The highest BCUT2D eigenvalue weighted by Crippen LogP contribution is 2.42. The highest BCUT2D eigenvalue weighted by molar-refractivity contribution is 7.10. The molecule has 2 aliphatic rings. The van der Waals surface area contributed by atoms with Gasteiger partial charge < -0.3 is 19.7 Å². The summed E-state index contributed by atoms with van der Waals surface area (Å²) in [6, 6.07) is 7.36. The normalized spacial score (nSPS) is 21.0. The third kappa shape index (κ3) is 4.70. The number of quaternary nitrogens is 1. The lowest BCUT2D eigenvalue weighted by atomic mass is 9.96. The smallest absolute Gasteiger partial charge is 0.387 e. The van der Waals surface area contributed by atoms with E-state index in [2.05, 4.69) is 21.5 Å². The molecule has 2 N–H and O–H groups in total. The number of halogens is 2. The highest BCUT2D eigenvalue weighted by Gasteiger charge is 2.43. The van der Waals surface area contributed by atoms with Crippen molar-refractivity contribution in [3.8, 4) is 11.5 Å². The van der Waals surface area contributed by atoms with E-state index in [0.29, 0.717) is 25.0 Å². The molecule has 1 aliphatic carbocycles. The van der Waals surface area contributed by atoms with Gasteiger partial charge in [0, 0.05) is 29.3 Å². The lowest BCUT2D eigenvalue weighted by Gasteiger charge is -2.32. The van der Waals surface area contributed by atoms with Crippen LogP contribution in [0, 0.1) is 5.92 Å². The number of amides is 1. The minimum Gasteiger partial charge on any atom is -0.493 e. The molecule has 156 valence electrons. The van der Waals surface area contributed by atoms with E-state index in [1.54, 1.807) is 12.1 Å². The Hall–Kier alpha value is -2.19. The van der Waals surface area contributed by atoms with Crippen molar-refractivity contribution in [1.29, 1.82) is 0 Å². The van der Waals surface area contributed by atoms with E-state index in [1.807, 2.05) is 11.3 Å². The molecule has 0 radical (unpaired) electrons. The van der Waals surface area contributed by atoms with E-state index in [9.17, 15) is 13.6 Å². The number of methoxy groups -OCH3 is 1. The third-order valence-electron chi connectivity index (χ3n) is 5.64. The van der Waals surface area contributed by atoms with E-state index in [4.69, 9.17) is 4.74 Å². The van der Waals surface area contributed by atoms with E-state index >= 15 is 0 Å². The second kappa shape index (κ2) is 8.67. The standard InChI is InChI=1S/C21H24F2N2O3S/c1-27-17-10-13(2-5-16(17)28-21(22)23)11-24-19(26)12-25-8-6-18-15(7-9-29-18)20(25)14-3-4-14/h2,5,7,9-10,14,20-21H,3-4,6,8,11-12H2,1H3,(H,24,26)/p+1/t20-/m0/s1. The molecule has 5 nitrogen and oxygen atoms in total. The number of ether oxygens (including phenoxy) is 2. The summed E-state index contributed by atoms with van der Waals surface area (Å²) in [6.45, 7) is -1.17. The molecule has 2 atom stereocenters. The molecule has 1 saturated carbocycles. The van der Waals surface area contributed by atoms with Gasteiger partial charge in [0.15, 0.2) is 18.0 Å². The summed E-state index contributed by atoms with van der Waals surface area (Å²) in [4.78, 5) is 15.4. The Morgan fingerprint density at radius 3 is 2.86 bits per heavy atom. The van der Waals surface area contributed by atoms with E-state index < -0.39 is 6.61 Å². The Labute approximate surface area is 172 Å². The maximum atomic E-state index is 12.6. The van der Waals surface area contributed by atoms with E-state index in [1.165, 1.54) is 41.4 Å². The summed E-state index contributed by atoms with van der Waals surface area (Å²) in [7, 11) is 1.40. The van der Waals surface area contributed by atoms with Crippen LogP contribution < -0.4 is 19.7 Å². The zero-order valence-electron chi connectivity index (χ0n) is 16.3. The first kappa shape index (κ1) is 20.1. The number of rotatable bonds is 8. The SMILES string of the molecule is COc1cc(CNC(=O)C[NH+]2CCc3sccc3[C@@H]2C2CC2)ccc1OC(F)F. The fraction of sp³-hybridized carbons (Fsp3) is 0.476.